The van der Waals surface area contributed by atoms with E-state index in [2.05, 4.69) is 71.0 Å². The Hall–Kier alpha value is -5.16. The van der Waals surface area contributed by atoms with Crippen molar-refractivity contribution < 1.29 is 0 Å². The molecule has 6 rings (SSSR count). The molecule has 5 heteroatoms. The lowest BCUT2D eigenvalue weighted by Gasteiger charge is -2.23. The minimum atomic E-state index is -0.327. The average Bonchev–Trinajstić information content (AvgIpc) is 3.44. The van der Waals surface area contributed by atoms with Crippen molar-refractivity contribution in [1.29, 1.82) is 0 Å². The van der Waals surface area contributed by atoms with E-state index in [9.17, 15) is 0 Å². The largest absolute Gasteiger partial charge is 0.282 e. The van der Waals surface area contributed by atoms with Gasteiger partial charge in [0.1, 0.15) is 17.6 Å². The van der Waals surface area contributed by atoms with E-state index in [1.54, 1.807) is 0 Å². The summed E-state index contributed by atoms with van der Waals surface area (Å²) in [5.41, 5.74) is 5.86. The smallest absolute Gasteiger partial charge is 0.159 e. The summed E-state index contributed by atoms with van der Waals surface area (Å²) in [5, 5.41) is 8.97. The van der Waals surface area contributed by atoms with Crippen LogP contribution in [0.3, 0.4) is 0 Å². The van der Waals surface area contributed by atoms with E-state index in [1.165, 1.54) is 0 Å². The van der Waals surface area contributed by atoms with Crippen LogP contribution in [0.5, 0.6) is 0 Å². The van der Waals surface area contributed by atoms with Crippen molar-refractivity contribution in [3.05, 3.63) is 168 Å². The first-order valence-corrected chi connectivity index (χ1v) is 13.0. The minimum Gasteiger partial charge on any atom is -0.282 e. The number of fused-ring (bicyclic) bond motifs is 1. The molecule has 0 aliphatic heterocycles. The molecule has 39 heavy (non-hydrogen) atoms. The number of hydrogen-bond donors (Lipinski definition) is 0. The third-order valence-electron chi connectivity index (χ3n) is 6.61. The summed E-state index contributed by atoms with van der Waals surface area (Å²) in [6, 6.07) is 48.4. The highest BCUT2D eigenvalue weighted by atomic mass is 15.4. The monoisotopic (exact) mass is 505 g/mol. The van der Waals surface area contributed by atoms with Gasteiger partial charge in [0.15, 0.2) is 5.84 Å². The first kappa shape index (κ1) is 24.2. The van der Waals surface area contributed by atoms with Crippen molar-refractivity contribution in [2.75, 3.05) is 0 Å². The third kappa shape index (κ3) is 5.43. The zero-order chi connectivity index (χ0) is 26.3. The van der Waals surface area contributed by atoms with Crippen LogP contribution in [0, 0.1) is 0 Å². The third-order valence-corrected chi connectivity index (χ3v) is 6.61. The fourth-order valence-corrected chi connectivity index (χ4v) is 4.68. The molecule has 5 nitrogen and oxygen atoms in total. The van der Waals surface area contributed by atoms with Crippen molar-refractivity contribution in [2.45, 2.75) is 12.1 Å². The number of hydrogen-bond acceptors (Lipinski definition) is 4. The van der Waals surface area contributed by atoms with Gasteiger partial charge in [0.25, 0.3) is 0 Å². The van der Waals surface area contributed by atoms with E-state index >= 15 is 0 Å². The summed E-state index contributed by atoms with van der Waals surface area (Å²) < 4.78 is 1.84. The zero-order valence-electron chi connectivity index (χ0n) is 21.3. The molecule has 0 aliphatic carbocycles. The molecule has 0 fully saturated rings. The van der Waals surface area contributed by atoms with Gasteiger partial charge >= 0.3 is 0 Å². The van der Waals surface area contributed by atoms with Crippen molar-refractivity contribution >= 4 is 23.1 Å². The second-order valence-electron chi connectivity index (χ2n) is 9.21. The van der Waals surface area contributed by atoms with Crippen molar-refractivity contribution in [3.63, 3.8) is 0 Å². The van der Waals surface area contributed by atoms with Gasteiger partial charge in [-0.25, -0.2) is 0 Å². The summed E-state index contributed by atoms with van der Waals surface area (Å²) in [4.78, 5) is 10.6. The SMILES string of the molecule is C(=NC(c1ccccc1)C(N=C(c1ccccc1)n1nnc2ccccc21)c1ccccc1)c1ccccc1. The molecule has 1 heterocycles. The number of para-hydroxylation sites is 1. The van der Waals surface area contributed by atoms with Gasteiger partial charge in [-0.05, 0) is 28.8 Å². The molecule has 6 aromatic rings. The molecule has 0 radical (unpaired) electrons. The average molecular weight is 506 g/mol. The van der Waals surface area contributed by atoms with Crippen molar-refractivity contribution in [1.82, 2.24) is 15.0 Å². The lowest BCUT2D eigenvalue weighted by molar-refractivity contribution is 0.578. The van der Waals surface area contributed by atoms with E-state index in [-0.39, 0.29) is 12.1 Å². The van der Waals surface area contributed by atoms with Gasteiger partial charge in [-0.1, -0.05) is 139 Å². The predicted molar refractivity (Wildman–Crippen MR) is 158 cm³/mol. The highest BCUT2D eigenvalue weighted by Gasteiger charge is 2.26. The summed E-state index contributed by atoms with van der Waals surface area (Å²) in [6.07, 6.45) is 1.94. The van der Waals surface area contributed by atoms with Crippen LogP contribution in [-0.2, 0) is 0 Å². The first-order valence-electron chi connectivity index (χ1n) is 13.0. The summed E-state index contributed by atoms with van der Waals surface area (Å²) >= 11 is 0. The number of nitrogens with zero attached hydrogens (tertiary/aromatic N) is 5. The standard InChI is InChI=1S/C34H27N5/c1-5-15-26(16-6-1)25-35-32(27-17-7-2-8-18-27)33(28-19-9-3-10-20-28)36-34(29-21-11-4-12-22-29)39-31-24-14-13-23-30(31)37-38-39/h1-25,32-33H. The van der Waals surface area contributed by atoms with Crippen LogP contribution in [0.4, 0.5) is 0 Å². The maximum Gasteiger partial charge on any atom is 0.159 e. The van der Waals surface area contributed by atoms with E-state index in [4.69, 9.17) is 9.98 Å². The molecule has 188 valence electrons. The second-order valence-corrected chi connectivity index (χ2v) is 9.21. The maximum absolute atomic E-state index is 5.46. The maximum atomic E-state index is 5.46. The van der Waals surface area contributed by atoms with Gasteiger partial charge in [-0.3, -0.25) is 9.98 Å². The van der Waals surface area contributed by atoms with E-state index in [0.29, 0.717) is 5.84 Å². The van der Waals surface area contributed by atoms with E-state index < -0.39 is 0 Å². The topological polar surface area (TPSA) is 55.4 Å². The van der Waals surface area contributed by atoms with Gasteiger partial charge in [-0.2, -0.15) is 4.68 Å². The predicted octanol–water partition coefficient (Wildman–Crippen LogP) is 7.33. The number of aromatic nitrogens is 3. The Balaban J connectivity index is 1.57. The minimum absolute atomic E-state index is 0.276. The fourth-order valence-electron chi connectivity index (χ4n) is 4.68. The van der Waals surface area contributed by atoms with Crippen LogP contribution in [-0.4, -0.2) is 27.0 Å². The molecule has 2 atom stereocenters. The molecule has 1 aromatic heterocycles. The van der Waals surface area contributed by atoms with Crippen LogP contribution in [0.15, 0.2) is 156 Å². The van der Waals surface area contributed by atoms with Crippen molar-refractivity contribution in [2.24, 2.45) is 9.98 Å². The Bertz CT molecular complexity index is 1690. The summed E-state index contributed by atoms with van der Waals surface area (Å²) in [5.74, 6) is 0.717. The molecular formula is C34H27N5. The Morgan fingerprint density at radius 2 is 1.13 bits per heavy atom. The molecule has 0 amide bonds. The molecule has 0 saturated carbocycles. The van der Waals surface area contributed by atoms with E-state index in [1.807, 2.05) is 95.8 Å². The first-order chi connectivity index (χ1) is 19.4. The van der Waals surface area contributed by atoms with Crippen LogP contribution < -0.4 is 0 Å². The van der Waals surface area contributed by atoms with Gasteiger partial charge in [0, 0.05) is 11.8 Å². The molecule has 0 saturated heterocycles. The van der Waals surface area contributed by atoms with Crippen LogP contribution in [0.2, 0.25) is 0 Å². The van der Waals surface area contributed by atoms with Gasteiger partial charge in [-0.15, -0.1) is 5.10 Å². The Morgan fingerprint density at radius 1 is 0.590 bits per heavy atom. The molecule has 0 bridgehead atoms. The quantitative estimate of drug-likeness (QED) is 0.168. The summed E-state index contributed by atoms with van der Waals surface area (Å²) in [7, 11) is 0. The second kappa shape index (κ2) is 11.5. The molecule has 0 aliphatic rings. The fraction of sp³-hybridized carbons (Fsp3) is 0.0588. The molecule has 2 unspecified atom stereocenters. The number of benzene rings is 5. The van der Waals surface area contributed by atoms with Gasteiger partial charge in [0.2, 0.25) is 0 Å². The lowest BCUT2D eigenvalue weighted by Crippen LogP contribution is -2.19. The molecule has 5 aromatic carbocycles. The van der Waals surface area contributed by atoms with Gasteiger partial charge < -0.3 is 0 Å². The molecule has 0 N–H and O–H groups in total. The van der Waals surface area contributed by atoms with Crippen LogP contribution >= 0.6 is 0 Å². The number of aliphatic imine (C=N–C) groups is 2. The summed E-state index contributed by atoms with van der Waals surface area (Å²) in [6.45, 7) is 0. The zero-order valence-corrected chi connectivity index (χ0v) is 21.3. The normalized spacial score (nSPS) is 13.5. The Morgan fingerprint density at radius 3 is 1.79 bits per heavy atom. The van der Waals surface area contributed by atoms with Crippen LogP contribution in [0.25, 0.3) is 11.0 Å². The Labute approximate surface area is 227 Å². The molecule has 0 spiro atoms. The van der Waals surface area contributed by atoms with Crippen molar-refractivity contribution in [3.8, 4) is 0 Å². The van der Waals surface area contributed by atoms with Crippen LogP contribution in [0.1, 0.15) is 34.3 Å². The highest BCUT2D eigenvalue weighted by molar-refractivity contribution is 6.04. The Kier molecular flexibility index (Phi) is 7.12. The highest BCUT2D eigenvalue weighted by Crippen LogP contribution is 2.36. The van der Waals surface area contributed by atoms with Gasteiger partial charge in [0.05, 0.1) is 5.52 Å². The number of rotatable bonds is 7. The lowest BCUT2D eigenvalue weighted by atomic mass is 9.94. The molecular weight excluding hydrogens is 478 g/mol. The van der Waals surface area contributed by atoms with E-state index in [0.717, 1.165) is 33.3 Å².